The first-order chi connectivity index (χ1) is 9.47. The molecule has 1 rings (SSSR count). The molecule has 5 heteroatoms. The summed E-state index contributed by atoms with van der Waals surface area (Å²) in [5, 5.41) is 11.5. The van der Waals surface area contributed by atoms with E-state index < -0.39 is 0 Å². The molecule has 0 aliphatic carbocycles. The Morgan fingerprint density at radius 3 is 2.30 bits per heavy atom. The Morgan fingerprint density at radius 1 is 1.20 bits per heavy atom. The van der Waals surface area contributed by atoms with Crippen molar-refractivity contribution in [2.45, 2.75) is 20.8 Å². The summed E-state index contributed by atoms with van der Waals surface area (Å²) < 4.78 is 0. The highest BCUT2D eigenvalue weighted by molar-refractivity contribution is 5.96. The summed E-state index contributed by atoms with van der Waals surface area (Å²) in [5.41, 5.74) is 2.58. The number of benzene rings is 1. The minimum absolute atomic E-state index is 0.0559. The van der Waals surface area contributed by atoms with Crippen LogP contribution < -0.4 is 5.32 Å². The molecule has 0 heterocycles. The van der Waals surface area contributed by atoms with Gasteiger partial charge in [-0.25, -0.2) is 0 Å². The minimum atomic E-state index is -0.259. The fourth-order valence-electron chi connectivity index (χ4n) is 2.06. The number of nitrogens with zero attached hydrogens (tertiary/aromatic N) is 1. The van der Waals surface area contributed by atoms with Gasteiger partial charge in [0.2, 0.25) is 5.91 Å². The maximum Gasteiger partial charge on any atom is 0.251 e. The molecule has 1 aromatic rings. The number of carbonyl (C=O) groups excluding carboxylic acids is 2. The number of aliphatic hydroxyl groups is 1. The molecule has 0 atom stereocenters. The van der Waals surface area contributed by atoms with E-state index in [4.69, 9.17) is 5.11 Å². The lowest BCUT2D eigenvalue weighted by Gasteiger charge is -2.19. The summed E-state index contributed by atoms with van der Waals surface area (Å²) >= 11 is 0. The number of nitrogens with one attached hydrogen (secondary N) is 1. The molecule has 0 radical (unpaired) electrons. The molecule has 0 saturated heterocycles. The van der Waals surface area contributed by atoms with Crippen molar-refractivity contribution in [3.05, 3.63) is 34.9 Å². The van der Waals surface area contributed by atoms with Gasteiger partial charge in [0.15, 0.2) is 0 Å². The van der Waals surface area contributed by atoms with E-state index in [9.17, 15) is 9.59 Å². The third-order valence-corrected chi connectivity index (χ3v) is 2.99. The van der Waals surface area contributed by atoms with Crippen LogP contribution in [0.2, 0.25) is 0 Å². The number of aryl methyl sites for hydroxylation is 2. The van der Waals surface area contributed by atoms with Crippen LogP contribution in [0, 0.1) is 13.8 Å². The number of likely N-dealkylation sites (N-methyl/N-ethyl adjacent to an activating group) is 1. The van der Waals surface area contributed by atoms with E-state index in [1.807, 2.05) is 26.8 Å². The van der Waals surface area contributed by atoms with E-state index in [1.54, 1.807) is 12.1 Å². The Bertz CT molecular complexity index is 466. The number of hydrogen-bond donors (Lipinski definition) is 2. The number of aliphatic hydroxyl groups excluding tert-OH is 1. The van der Waals surface area contributed by atoms with Crippen LogP contribution in [-0.4, -0.2) is 48.1 Å². The van der Waals surface area contributed by atoms with Crippen molar-refractivity contribution in [2.75, 3.05) is 26.2 Å². The molecular formula is C15H22N2O3. The zero-order chi connectivity index (χ0) is 15.1. The van der Waals surface area contributed by atoms with E-state index in [2.05, 4.69) is 5.32 Å². The van der Waals surface area contributed by atoms with E-state index in [0.29, 0.717) is 12.1 Å². The number of amides is 2. The Kier molecular flexibility index (Phi) is 6.18. The van der Waals surface area contributed by atoms with Crippen molar-refractivity contribution in [3.8, 4) is 0 Å². The van der Waals surface area contributed by atoms with Gasteiger partial charge in [0.1, 0.15) is 0 Å². The van der Waals surface area contributed by atoms with Gasteiger partial charge < -0.3 is 15.3 Å². The lowest BCUT2D eigenvalue weighted by Crippen LogP contribution is -2.41. The lowest BCUT2D eigenvalue weighted by molar-refractivity contribution is -0.130. The zero-order valence-electron chi connectivity index (χ0n) is 12.3. The SMILES string of the molecule is CCN(CCO)C(=O)CNC(=O)c1cc(C)cc(C)c1. The molecule has 0 fully saturated rings. The average Bonchev–Trinajstić information content (AvgIpc) is 2.40. The number of rotatable bonds is 6. The van der Waals surface area contributed by atoms with Gasteiger partial charge in [-0.15, -0.1) is 0 Å². The minimum Gasteiger partial charge on any atom is -0.395 e. The summed E-state index contributed by atoms with van der Waals surface area (Å²) in [7, 11) is 0. The molecule has 2 amide bonds. The van der Waals surface area contributed by atoms with Crippen LogP contribution in [0.25, 0.3) is 0 Å². The summed E-state index contributed by atoms with van der Waals surface area (Å²) in [6, 6.07) is 5.57. The third-order valence-electron chi connectivity index (χ3n) is 2.99. The van der Waals surface area contributed by atoms with Crippen LogP contribution in [0.15, 0.2) is 18.2 Å². The molecule has 1 aromatic carbocycles. The van der Waals surface area contributed by atoms with Gasteiger partial charge in [-0.2, -0.15) is 0 Å². The maximum atomic E-state index is 12.0. The molecule has 0 spiro atoms. The van der Waals surface area contributed by atoms with Crippen LogP contribution in [0.5, 0.6) is 0 Å². The first-order valence-corrected chi connectivity index (χ1v) is 6.73. The lowest BCUT2D eigenvalue weighted by atomic mass is 10.1. The molecular weight excluding hydrogens is 256 g/mol. The summed E-state index contributed by atoms with van der Waals surface area (Å²) in [4.78, 5) is 25.3. The number of hydrogen-bond acceptors (Lipinski definition) is 3. The van der Waals surface area contributed by atoms with Gasteiger partial charge >= 0.3 is 0 Å². The topological polar surface area (TPSA) is 69.6 Å². The van der Waals surface area contributed by atoms with Crippen molar-refractivity contribution >= 4 is 11.8 Å². The molecule has 0 aromatic heterocycles. The first-order valence-electron chi connectivity index (χ1n) is 6.73. The molecule has 0 aliphatic rings. The predicted molar refractivity (Wildman–Crippen MR) is 77.6 cm³/mol. The molecule has 0 unspecified atom stereocenters. The van der Waals surface area contributed by atoms with E-state index in [-0.39, 0.29) is 31.5 Å². The quantitative estimate of drug-likeness (QED) is 0.811. The predicted octanol–water partition coefficient (Wildman–Crippen LogP) is 0.874. The second kappa shape index (κ2) is 7.65. The van der Waals surface area contributed by atoms with Crippen LogP contribution >= 0.6 is 0 Å². The Hall–Kier alpha value is -1.88. The van der Waals surface area contributed by atoms with Crippen LogP contribution in [0.3, 0.4) is 0 Å². The second-order valence-electron chi connectivity index (χ2n) is 4.76. The van der Waals surface area contributed by atoms with Crippen molar-refractivity contribution in [1.29, 1.82) is 0 Å². The smallest absolute Gasteiger partial charge is 0.251 e. The summed E-state index contributed by atoms with van der Waals surface area (Å²) in [6.07, 6.45) is 0. The van der Waals surface area contributed by atoms with Crippen LogP contribution in [-0.2, 0) is 4.79 Å². The zero-order valence-corrected chi connectivity index (χ0v) is 12.3. The third kappa shape index (κ3) is 4.66. The van der Waals surface area contributed by atoms with Gasteiger partial charge in [0.25, 0.3) is 5.91 Å². The summed E-state index contributed by atoms with van der Waals surface area (Å²) in [6.45, 7) is 6.35. The molecule has 5 nitrogen and oxygen atoms in total. The van der Waals surface area contributed by atoms with Gasteiger partial charge in [0, 0.05) is 18.7 Å². The highest BCUT2D eigenvalue weighted by Gasteiger charge is 2.13. The highest BCUT2D eigenvalue weighted by Crippen LogP contribution is 2.08. The second-order valence-corrected chi connectivity index (χ2v) is 4.76. The molecule has 110 valence electrons. The van der Waals surface area contributed by atoms with Crippen molar-refractivity contribution < 1.29 is 14.7 Å². The van der Waals surface area contributed by atoms with Crippen molar-refractivity contribution in [2.24, 2.45) is 0 Å². The van der Waals surface area contributed by atoms with Gasteiger partial charge in [-0.05, 0) is 32.9 Å². The molecule has 20 heavy (non-hydrogen) atoms. The number of carbonyl (C=O) groups is 2. The highest BCUT2D eigenvalue weighted by atomic mass is 16.3. The fourth-order valence-corrected chi connectivity index (χ4v) is 2.06. The summed E-state index contributed by atoms with van der Waals surface area (Å²) in [5.74, 6) is -0.454. The van der Waals surface area contributed by atoms with Crippen molar-refractivity contribution in [1.82, 2.24) is 10.2 Å². The van der Waals surface area contributed by atoms with Gasteiger partial charge in [0.05, 0.1) is 13.2 Å². The Morgan fingerprint density at radius 2 is 1.80 bits per heavy atom. The normalized spacial score (nSPS) is 10.2. The first kappa shape index (κ1) is 16.2. The molecule has 0 bridgehead atoms. The largest absolute Gasteiger partial charge is 0.395 e. The van der Waals surface area contributed by atoms with Gasteiger partial charge in [-0.1, -0.05) is 17.2 Å². The Balaban J connectivity index is 2.60. The fraction of sp³-hybridized carbons (Fsp3) is 0.467. The van der Waals surface area contributed by atoms with Crippen molar-refractivity contribution in [3.63, 3.8) is 0 Å². The maximum absolute atomic E-state index is 12.0. The molecule has 0 aliphatic heterocycles. The van der Waals surface area contributed by atoms with E-state index in [0.717, 1.165) is 11.1 Å². The van der Waals surface area contributed by atoms with Gasteiger partial charge in [-0.3, -0.25) is 9.59 Å². The van der Waals surface area contributed by atoms with E-state index >= 15 is 0 Å². The monoisotopic (exact) mass is 278 g/mol. The average molecular weight is 278 g/mol. The van der Waals surface area contributed by atoms with Crippen LogP contribution in [0.4, 0.5) is 0 Å². The standard InChI is InChI=1S/C15H22N2O3/c1-4-17(5-6-18)14(19)10-16-15(20)13-8-11(2)7-12(3)9-13/h7-9,18H,4-6,10H2,1-3H3,(H,16,20). The molecule has 0 saturated carbocycles. The Labute approximate surface area is 119 Å². The van der Waals surface area contributed by atoms with E-state index in [1.165, 1.54) is 4.90 Å². The van der Waals surface area contributed by atoms with Crippen LogP contribution in [0.1, 0.15) is 28.4 Å². The molecule has 2 N–H and O–H groups in total.